The number of hydrogen-bond acceptors (Lipinski definition) is 2. The Morgan fingerprint density at radius 2 is 1.88 bits per heavy atom. The normalized spacial score (nSPS) is 25.5. The fourth-order valence-electron chi connectivity index (χ4n) is 0.656. The van der Waals surface area contributed by atoms with Crippen molar-refractivity contribution in [1.29, 1.82) is 0 Å². The van der Waals surface area contributed by atoms with E-state index < -0.39 is 0 Å². The van der Waals surface area contributed by atoms with Crippen LogP contribution in [-0.4, -0.2) is 37.7 Å². The van der Waals surface area contributed by atoms with Gasteiger partial charge in [-0.3, -0.25) is 4.90 Å². The number of hydrogen-bond donors (Lipinski definition) is 0. The van der Waals surface area contributed by atoms with Gasteiger partial charge in [-0.25, -0.2) is 0 Å². The summed E-state index contributed by atoms with van der Waals surface area (Å²) in [7, 11) is 4.17. The second-order valence-corrected chi connectivity index (χ2v) is 2.88. The van der Waals surface area contributed by atoms with Crippen LogP contribution < -0.4 is 0 Å². The highest BCUT2D eigenvalue weighted by atomic mass is 16.5. The smallest absolute Gasteiger partial charge is 0.0671 e. The van der Waals surface area contributed by atoms with E-state index in [0.29, 0.717) is 5.54 Å². The van der Waals surface area contributed by atoms with Gasteiger partial charge in [-0.1, -0.05) is 0 Å². The maximum atomic E-state index is 5.06. The van der Waals surface area contributed by atoms with Crippen LogP contribution in [0.4, 0.5) is 0 Å². The van der Waals surface area contributed by atoms with E-state index in [1.807, 2.05) is 0 Å². The second kappa shape index (κ2) is 1.71. The fourth-order valence-corrected chi connectivity index (χ4v) is 0.656. The van der Waals surface area contributed by atoms with Crippen LogP contribution >= 0.6 is 0 Å². The van der Waals surface area contributed by atoms with Gasteiger partial charge in [-0.05, 0) is 21.0 Å². The van der Waals surface area contributed by atoms with Crippen LogP contribution in [0.25, 0.3) is 0 Å². The molecule has 2 heteroatoms. The highest BCUT2D eigenvalue weighted by Crippen LogP contribution is 2.20. The van der Waals surface area contributed by atoms with Crippen LogP contribution in [-0.2, 0) is 4.74 Å². The molecule has 0 spiro atoms. The lowest BCUT2D eigenvalue weighted by Gasteiger charge is -2.43. The highest BCUT2D eigenvalue weighted by molar-refractivity contribution is 4.88. The molecule has 0 aromatic carbocycles. The number of ether oxygens (including phenoxy) is 1. The Bertz CT molecular complexity index is 86.5. The van der Waals surface area contributed by atoms with Crippen molar-refractivity contribution in [2.24, 2.45) is 0 Å². The molecule has 0 aromatic heterocycles. The second-order valence-electron chi connectivity index (χ2n) is 2.88. The van der Waals surface area contributed by atoms with Crippen molar-refractivity contribution < 1.29 is 4.74 Å². The Balaban J connectivity index is 2.41. The van der Waals surface area contributed by atoms with E-state index in [-0.39, 0.29) is 0 Å². The van der Waals surface area contributed by atoms with E-state index in [4.69, 9.17) is 4.74 Å². The lowest BCUT2D eigenvalue weighted by molar-refractivity contribution is -0.113. The summed E-state index contributed by atoms with van der Waals surface area (Å²) in [5, 5.41) is 0. The molecule has 1 saturated heterocycles. The van der Waals surface area contributed by atoms with E-state index in [1.54, 1.807) is 0 Å². The van der Waals surface area contributed by atoms with Gasteiger partial charge in [0.15, 0.2) is 0 Å². The molecule has 0 N–H and O–H groups in total. The van der Waals surface area contributed by atoms with Gasteiger partial charge < -0.3 is 4.74 Å². The molecule has 1 fully saturated rings. The lowest BCUT2D eigenvalue weighted by Crippen LogP contribution is -2.57. The average molecular weight is 115 g/mol. The van der Waals surface area contributed by atoms with Crippen molar-refractivity contribution in [3.8, 4) is 0 Å². The molecule has 8 heavy (non-hydrogen) atoms. The van der Waals surface area contributed by atoms with Gasteiger partial charge in [-0.2, -0.15) is 0 Å². The minimum Gasteiger partial charge on any atom is -0.377 e. The predicted molar refractivity (Wildman–Crippen MR) is 32.9 cm³/mol. The minimum atomic E-state index is 0.333. The zero-order chi connectivity index (χ0) is 6.20. The van der Waals surface area contributed by atoms with Gasteiger partial charge in [-0.15, -0.1) is 0 Å². The Morgan fingerprint density at radius 1 is 1.38 bits per heavy atom. The van der Waals surface area contributed by atoms with Gasteiger partial charge in [0.1, 0.15) is 0 Å². The summed E-state index contributed by atoms with van der Waals surface area (Å²) < 4.78 is 5.06. The van der Waals surface area contributed by atoms with Crippen LogP contribution in [0, 0.1) is 0 Å². The summed E-state index contributed by atoms with van der Waals surface area (Å²) in [4.78, 5) is 2.20. The van der Waals surface area contributed by atoms with E-state index >= 15 is 0 Å². The molecule has 1 heterocycles. The standard InChI is InChI=1S/C6H13NO/c1-6(7(2)3)4-8-5-6/h4-5H2,1-3H3. The first kappa shape index (κ1) is 6.05. The molecule has 2 nitrogen and oxygen atoms in total. The SMILES string of the molecule is CN(C)C1(C)COC1. The van der Waals surface area contributed by atoms with Crippen molar-refractivity contribution in [3.05, 3.63) is 0 Å². The summed E-state index contributed by atoms with van der Waals surface area (Å²) in [6.07, 6.45) is 0. The van der Waals surface area contributed by atoms with E-state index in [1.165, 1.54) is 0 Å². The van der Waals surface area contributed by atoms with E-state index in [9.17, 15) is 0 Å². The highest BCUT2D eigenvalue weighted by Gasteiger charge is 2.34. The third-order valence-electron chi connectivity index (χ3n) is 1.91. The maximum absolute atomic E-state index is 5.06. The molecule has 0 amide bonds. The van der Waals surface area contributed by atoms with Crippen molar-refractivity contribution in [1.82, 2.24) is 4.90 Å². The van der Waals surface area contributed by atoms with Crippen molar-refractivity contribution in [3.63, 3.8) is 0 Å². The molecule has 0 bridgehead atoms. The molecule has 0 atom stereocenters. The zero-order valence-electron chi connectivity index (χ0n) is 5.77. The summed E-state index contributed by atoms with van der Waals surface area (Å²) in [5.74, 6) is 0. The molecule has 1 rings (SSSR count). The Morgan fingerprint density at radius 3 is 1.88 bits per heavy atom. The molecule has 1 aliphatic rings. The summed E-state index contributed by atoms with van der Waals surface area (Å²) in [5.41, 5.74) is 0.333. The van der Waals surface area contributed by atoms with Gasteiger partial charge in [0.05, 0.1) is 18.8 Å². The largest absolute Gasteiger partial charge is 0.377 e. The van der Waals surface area contributed by atoms with Crippen molar-refractivity contribution in [2.75, 3.05) is 27.3 Å². The average Bonchev–Trinajstić information content (AvgIpc) is 1.60. The molecule has 0 saturated carbocycles. The minimum absolute atomic E-state index is 0.333. The summed E-state index contributed by atoms with van der Waals surface area (Å²) in [6, 6.07) is 0. The molecule has 0 aromatic rings. The van der Waals surface area contributed by atoms with Gasteiger partial charge in [0.2, 0.25) is 0 Å². The molecule has 0 unspecified atom stereocenters. The molecule has 48 valence electrons. The lowest BCUT2D eigenvalue weighted by atomic mass is 10.00. The van der Waals surface area contributed by atoms with Crippen molar-refractivity contribution in [2.45, 2.75) is 12.5 Å². The molecule has 0 aliphatic carbocycles. The molecular formula is C6H13NO. The zero-order valence-corrected chi connectivity index (χ0v) is 5.77. The molecular weight excluding hydrogens is 102 g/mol. The first-order chi connectivity index (χ1) is 3.65. The monoisotopic (exact) mass is 115 g/mol. The van der Waals surface area contributed by atoms with E-state index in [0.717, 1.165) is 13.2 Å². The summed E-state index contributed by atoms with van der Waals surface area (Å²) in [6.45, 7) is 3.98. The number of nitrogens with zero attached hydrogens (tertiary/aromatic N) is 1. The van der Waals surface area contributed by atoms with Crippen LogP contribution in [0.5, 0.6) is 0 Å². The summed E-state index contributed by atoms with van der Waals surface area (Å²) >= 11 is 0. The number of rotatable bonds is 1. The van der Waals surface area contributed by atoms with Crippen LogP contribution in [0.1, 0.15) is 6.92 Å². The molecule has 1 aliphatic heterocycles. The predicted octanol–water partition coefficient (Wildman–Crippen LogP) is 0.337. The van der Waals surface area contributed by atoms with Crippen LogP contribution in [0.3, 0.4) is 0 Å². The van der Waals surface area contributed by atoms with E-state index in [2.05, 4.69) is 25.9 Å². The quantitative estimate of drug-likeness (QED) is 0.488. The Hall–Kier alpha value is -0.0800. The Labute approximate surface area is 50.4 Å². The molecule has 0 radical (unpaired) electrons. The first-order valence-electron chi connectivity index (χ1n) is 2.90. The van der Waals surface area contributed by atoms with Crippen LogP contribution in [0.15, 0.2) is 0 Å². The Kier molecular flexibility index (Phi) is 1.29. The third kappa shape index (κ3) is 0.740. The maximum Gasteiger partial charge on any atom is 0.0671 e. The van der Waals surface area contributed by atoms with Crippen molar-refractivity contribution >= 4 is 0 Å². The fraction of sp³-hybridized carbons (Fsp3) is 1.00. The number of likely N-dealkylation sites (N-methyl/N-ethyl adjacent to an activating group) is 1. The van der Waals surface area contributed by atoms with Gasteiger partial charge >= 0.3 is 0 Å². The van der Waals surface area contributed by atoms with Crippen LogP contribution in [0.2, 0.25) is 0 Å². The van der Waals surface area contributed by atoms with Gasteiger partial charge in [0.25, 0.3) is 0 Å². The third-order valence-corrected chi connectivity index (χ3v) is 1.91. The van der Waals surface area contributed by atoms with Gasteiger partial charge in [0, 0.05) is 0 Å². The first-order valence-corrected chi connectivity index (χ1v) is 2.90. The topological polar surface area (TPSA) is 12.5 Å².